The number of nitrogens with zero attached hydrogens (tertiary/aromatic N) is 2. The van der Waals surface area contributed by atoms with Crippen LogP contribution in [0.25, 0.3) is 0 Å². The molecule has 23 heavy (non-hydrogen) atoms. The fraction of sp³-hybridized carbons (Fsp3) is 0.286. The first-order valence-electron chi connectivity index (χ1n) is 6.76. The van der Waals surface area contributed by atoms with Crippen LogP contribution in [-0.4, -0.2) is 24.1 Å². The van der Waals surface area contributed by atoms with Gasteiger partial charge in [-0.3, -0.25) is 9.48 Å². The summed E-state index contributed by atoms with van der Waals surface area (Å²) >= 11 is 6.03. The summed E-state index contributed by atoms with van der Waals surface area (Å²) in [6.45, 7) is 3.91. The zero-order valence-corrected chi connectivity index (χ0v) is 14.3. The molecule has 0 bridgehead atoms. The highest BCUT2D eigenvalue weighted by atomic mass is 35.5. The number of hydrogen-bond acceptors (Lipinski definition) is 4. The zero-order chi connectivity index (χ0) is 17.2. The van der Waals surface area contributed by atoms with Crippen molar-refractivity contribution in [3.05, 3.63) is 46.2 Å². The van der Waals surface area contributed by atoms with Crippen molar-refractivity contribution in [1.82, 2.24) is 15.1 Å². The van der Waals surface area contributed by atoms with Crippen LogP contribution < -0.4 is 10.5 Å². The van der Waals surface area contributed by atoms with E-state index in [1.165, 1.54) is 16.8 Å². The smallest absolute Gasteiger partial charge is 0.242 e. The van der Waals surface area contributed by atoms with Crippen molar-refractivity contribution in [2.45, 2.75) is 31.8 Å². The number of halogens is 1. The average molecular weight is 357 g/mol. The van der Waals surface area contributed by atoms with Gasteiger partial charge in [0.15, 0.2) is 0 Å². The minimum absolute atomic E-state index is 0.0323. The molecule has 9 heteroatoms. The predicted molar refractivity (Wildman–Crippen MR) is 86.4 cm³/mol. The van der Waals surface area contributed by atoms with Gasteiger partial charge in [0.1, 0.15) is 6.54 Å². The molecule has 2 rings (SSSR count). The van der Waals surface area contributed by atoms with Crippen molar-refractivity contribution in [3.63, 3.8) is 0 Å². The van der Waals surface area contributed by atoms with Gasteiger partial charge in [-0.2, -0.15) is 5.10 Å². The first-order valence-corrected chi connectivity index (χ1v) is 8.69. The Hall–Kier alpha value is -1.90. The summed E-state index contributed by atoms with van der Waals surface area (Å²) in [4.78, 5) is 12.0. The summed E-state index contributed by atoms with van der Waals surface area (Å²) in [5.74, 6) is -0.220. The van der Waals surface area contributed by atoms with E-state index in [0.29, 0.717) is 10.7 Å². The number of aromatic nitrogens is 2. The maximum absolute atomic E-state index is 12.0. The average Bonchev–Trinajstić information content (AvgIpc) is 2.72. The molecule has 1 amide bonds. The molecule has 124 valence electrons. The van der Waals surface area contributed by atoms with E-state index in [1.807, 2.05) is 0 Å². The Morgan fingerprint density at radius 1 is 1.30 bits per heavy atom. The molecule has 3 N–H and O–H groups in total. The van der Waals surface area contributed by atoms with Crippen LogP contribution in [0.2, 0.25) is 5.02 Å². The molecule has 2 aromatic rings. The second kappa shape index (κ2) is 6.69. The molecule has 0 aliphatic rings. The lowest BCUT2D eigenvalue weighted by atomic mass is 10.2. The number of nitrogens with one attached hydrogen (secondary N) is 1. The third-order valence-electron chi connectivity index (χ3n) is 3.33. The number of amides is 1. The SMILES string of the molecule is Cc1nn(CC(=O)NCc2ccc(S(N)(=O)=O)cc2)c(C)c1Cl. The van der Waals surface area contributed by atoms with Gasteiger partial charge in [0.05, 0.1) is 21.3 Å². The molecule has 1 aromatic carbocycles. The van der Waals surface area contributed by atoms with Gasteiger partial charge in [0.25, 0.3) is 0 Å². The van der Waals surface area contributed by atoms with Gasteiger partial charge >= 0.3 is 0 Å². The molecular weight excluding hydrogens is 340 g/mol. The van der Waals surface area contributed by atoms with Crippen molar-refractivity contribution in [2.24, 2.45) is 5.14 Å². The Kier molecular flexibility index (Phi) is 5.08. The lowest BCUT2D eigenvalue weighted by molar-refractivity contribution is -0.122. The fourth-order valence-corrected chi connectivity index (χ4v) is 2.67. The molecule has 0 fully saturated rings. The third-order valence-corrected chi connectivity index (χ3v) is 4.80. The van der Waals surface area contributed by atoms with Crippen LogP contribution in [0.3, 0.4) is 0 Å². The Morgan fingerprint density at radius 3 is 2.39 bits per heavy atom. The van der Waals surface area contributed by atoms with Gasteiger partial charge in [0, 0.05) is 6.54 Å². The summed E-state index contributed by atoms with van der Waals surface area (Å²) in [5.41, 5.74) is 2.17. The standard InChI is InChI=1S/C14H17ClN4O3S/c1-9-14(15)10(2)19(18-9)8-13(20)17-7-11-3-5-12(6-4-11)23(16,21)22/h3-6H,7-8H2,1-2H3,(H,17,20)(H2,16,21,22). The van der Waals surface area contributed by atoms with Crippen LogP contribution in [0.15, 0.2) is 29.2 Å². The number of sulfonamides is 1. The van der Waals surface area contributed by atoms with E-state index in [4.69, 9.17) is 16.7 Å². The molecule has 0 aliphatic carbocycles. The van der Waals surface area contributed by atoms with Crippen LogP contribution in [0.5, 0.6) is 0 Å². The van der Waals surface area contributed by atoms with Crippen LogP contribution >= 0.6 is 11.6 Å². The highest BCUT2D eigenvalue weighted by Gasteiger charge is 2.12. The molecular formula is C14H17ClN4O3S. The van der Waals surface area contributed by atoms with Gasteiger partial charge in [0.2, 0.25) is 15.9 Å². The largest absolute Gasteiger partial charge is 0.350 e. The Morgan fingerprint density at radius 2 is 1.91 bits per heavy atom. The summed E-state index contributed by atoms with van der Waals surface area (Å²) in [6.07, 6.45) is 0. The second-order valence-electron chi connectivity index (χ2n) is 5.11. The van der Waals surface area contributed by atoms with E-state index in [9.17, 15) is 13.2 Å². The Balaban J connectivity index is 1.95. The number of carbonyl (C=O) groups excluding carboxylic acids is 1. The van der Waals surface area contributed by atoms with Crippen molar-refractivity contribution in [2.75, 3.05) is 0 Å². The summed E-state index contributed by atoms with van der Waals surface area (Å²) in [5, 5.41) is 12.5. The number of carbonyl (C=O) groups is 1. The van der Waals surface area contributed by atoms with Crippen molar-refractivity contribution >= 4 is 27.5 Å². The van der Waals surface area contributed by atoms with Gasteiger partial charge in [-0.25, -0.2) is 13.6 Å². The minimum atomic E-state index is -3.71. The van der Waals surface area contributed by atoms with E-state index in [2.05, 4.69) is 10.4 Å². The lowest BCUT2D eigenvalue weighted by Gasteiger charge is -2.07. The second-order valence-corrected chi connectivity index (χ2v) is 7.05. The van der Waals surface area contributed by atoms with Crippen molar-refractivity contribution in [3.8, 4) is 0 Å². The summed E-state index contributed by atoms with van der Waals surface area (Å²) < 4.78 is 23.9. The van der Waals surface area contributed by atoms with E-state index in [-0.39, 0.29) is 23.9 Å². The van der Waals surface area contributed by atoms with E-state index in [1.54, 1.807) is 26.0 Å². The lowest BCUT2D eigenvalue weighted by Crippen LogP contribution is -2.28. The number of benzene rings is 1. The normalized spacial score (nSPS) is 11.5. The summed E-state index contributed by atoms with van der Waals surface area (Å²) in [7, 11) is -3.71. The molecule has 0 saturated carbocycles. The van der Waals surface area contributed by atoms with Crippen molar-refractivity contribution < 1.29 is 13.2 Å². The van der Waals surface area contributed by atoms with E-state index < -0.39 is 10.0 Å². The molecule has 0 saturated heterocycles. The molecule has 0 aliphatic heterocycles. The fourth-order valence-electron chi connectivity index (χ4n) is 2.02. The van der Waals surface area contributed by atoms with Crippen LogP contribution in [0, 0.1) is 13.8 Å². The molecule has 0 spiro atoms. The maximum Gasteiger partial charge on any atom is 0.242 e. The number of hydrogen-bond donors (Lipinski definition) is 2. The number of primary sulfonamides is 1. The number of rotatable bonds is 5. The number of nitrogens with two attached hydrogens (primary N) is 1. The van der Waals surface area contributed by atoms with Crippen LogP contribution in [0.4, 0.5) is 0 Å². The molecule has 0 radical (unpaired) electrons. The van der Waals surface area contributed by atoms with E-state index in [0.717, 1.165) is 11.3 Å². The first kappa shape index (κ1) is 17.5. The van der Waals surface area contributed by atoms with Crippen LogP contribution in [-0.2, 0) is 27.9 Å². The Labute approximate surface area is 139 Å². The minimum Gasteiger partial charge on any atom is -0.350 e. The van der Waals surface area contributed by atoms with Crippen molar-refractivity contribution in [1.29, 1.82) is 0 Å². The van der Waals surface area contributed by atoms with Gasteiger partial charge < -0.3 is 5.32 Å². The highest BCUT2D eigenvalue weighted by molar-refractivity contribution is 7.89. The molecule has 0 atom stereocenters. The van der Waals surface area contributed by atoms with Crippen LogP contribution in [0.1, 0.15) is 17.0 Å². The van der Waals surface area contributed by atoms with Gasteiger partial charge in [-0.15, -0.1) is 0 Å². The zero-order valence-electron chi connectivity index (χ0n) is 12.7. The topological polar surface area (TPSA) is 107 Å². The molecule has 1 aromatic heterocycles. The predicted octanol–water partition coefficient (Wildman–Crippen LogP) is 1.12. The Bertz CT molecular complexity index is 828. The molecule has 7 nitrogen and oxygen atoms in total. The summed E-state index contributed by atoms with van der Waals surface area (Å²) in [6, 6.07) is 6.00. The maximum atomic E-state index is 12.0. The quantitative estimate of drug-likeness (QED) is 0.836. The first-order chi connectivity index (χ1) is 10.7. The van der Waals surface area contributed by atoms with E-state index >= 15 is 0 Å². The monoisotopic (exact) mass is 356 g/mol. The van der Waals surface area contributed by atoms with Gasteiger partial charge in [-0.05, 0) is 31.5 Å². The van der Waals surface area contributed by atoms with Gasteiger partial charge in [-0.1, -0.05) is 23.7 Å². The molecule has 0 unspecified atom stereocenters. The highest BCUT2D eigenvalue weighted by Crippen LogP contribution is 2.18. The number of aryl methyl sites for hydroxylation is 1. The third kappa shape index (κ3) is 4.31. The molecule has 1 heterocycles.